The van der Waals surface area contributed by atoms with E-state index in [0.29, 0.717) is 10.6 Å². The Bertz CT molecular complexity index is 379. The summed E-state index contributed by atoms with van der Waals surface area (Å²) in [5, 5.41) is 8.85. The molecule has 0 saturated heterocycles. The maximum Gasteiger partial charge on any atom is 0.136 e. The topological polar surface area (TPSA) is 23.8 Å². The first kappa shape index (κ1) is 9.54. The van der Waals surface area contributed by atoms with Crippen LogP contribution in [0.4, 0.5) is 4.39 Å². The van der Waals surface area contributed by atoms with Gasteiger partial charge in [0.2, 0.25) is 0 Å². The highest BCUT2D eigenvalue weighted by Crippen LogP contribution is 2.48. The molecule has 1 fully saturated rings. The number of benzene rings is 1. The molecular formula is C11H10FNS. The lowest BCUT2D eigenvalue weighted by Crippen LogP contribution is -1.99. The predicted molar refractivity (Wildman–Crippen MR) is 54.4 cm³/mol. The monoisotopic (exact) mass is 207 g/mol. The molecule has 1 aromatic carbocycles. The molecule has 0 bridgehead atoms. The van der Waals surface area contributed by atoms with Crippen LogP contribution in [-0.2, 0) is 0 Å². The van der Waals surface area contributed by atoms with Crippen LogP contribution in [-0.4, -0.2) is 5.75 Å². The van der Waals surface area contributed by atoms with Crippen LogP contribution in [0.5, 0.6) is 0 Å². The van der Waals surface area contributed by atoms with Gasteiger partial charge in [0, 0.05) is 10.6 Å². The van der Waals surface area contributed by atoms with Crippen molar-refractivity contribution in [2.24, 2.45) is 5.41 Å². The molecule has 1 aliphatic carbocycles. The normalized spacial score (nSPS) is 17.4. The second-order valence-corrected chi connectivity index (χ2v) is 4.63. The van der Waals surface area contributed by atoms with E-state index in [-0.39, 0.29) is 11.2 Å². The second kappa shape index (κ2) is 3.62. The van der Waals surface area contributed by atoms with Gasteiger partial charge in [0.1, 0.15) is 5.82 Å². The van der Waals surface area contributed by atoms with Crippen molar-refractivity contribution >= 4 is 11.8 Å². The molecule has 1 nitrogen and oxygen atoms in total. The van der Waals surface area contributed by atoms with Crippen molar-refractivity contribution < 1.29 is 4.39 Å². The van der Waals surface area contributed by atoms with Gasteiger partial charge in [-0.3, -0.25) is 0 Å². The summed E-state index contributed by atoms with van der Waals surface area (Å²) in [5.74, 6) is 0.524. The molecule has 0 unspecified atom stereocenters. The van der Waals surface area contributed by atoms with Gasteiger partial charge in [-0.25, -0.2) is 4.39 Å². The van der Waals surface area contributed by atoms with E-state index in [1.54, 1.807) is 12.1 Å². The van der Waals surface area contributed by atoms with E-state index in [1.807, 2.05) is 6.07 Å². The zero-order chi connectivity index (χ0) is 10.0. The first-order chi connectivity index (χ1) is 6.76. The van der Waals surface area contributed by atoms with E-state index in [2.05, 4.69) is 6.07 Å². The predicted octanol–water partition coefficient (Wildman–Crippen LogP) is 3.22. The summed E-state index contributed by atoms with van der Waals surface area (Å²) < 4.78 is 13.2. The van der Waals surface area contributed by atoms with Gasteiger partial charge < -0.3 is 0 Å². The number of rotatable bonds is 3. The second-order valence-electron chi connectivity index (χ2n) is 3.61. The number of thioether (sulfide) groups is 1. The molecule has 0 heterocycles. The molecule has 0 radical (unpaired) electrons. The molecule has 0 amide bonds. The molecule has 1 aromatic rings. The average molecular weight is 207 g/mol. The molecule has 0 spiro atoms. The standard InChI is InChI=1S/C11H10FNS/c12-9-3-1-2-4-10(9)14-8-11(7-13)5-6-11/h1-4H,5-6,8H2. The fourth-order valence-electron chi connectivity index (χ4n) is 1.22. The number of nitrogens with zero attached hydrogens (tertiary/aromatic N) is 1. The summed E-state index contributed by atoms with van der Waals surface area (Å²) in [6.45, 7) is 0. The summed E-state index contributed by atoms with van der Waals surface area (Å²) in [4.78, 5) is 0.647. The maximum absolute atomic E-state index is 13.2. The third-order valence-corrected chi connectivity index (χ3v) is 3.77. The Labute approximate surface area is 86.9 Å². The van der Waals surface area contributed by atoms with Crippen LogP contribution in [0.15, 0.2) is 29.2 Å². The Hall–Kier alpha value is -1.01. The van der Waals surface area contributed by atoms with Crippen LogP contribution in [0, 0.1) is 22.6 Å². The van der Waals surface area contributed by atoms with E-state index in [9.17, 15) is 4.39 Å². The van der Waals surface area contributed by atoms with Crippen LogP contribution in [0.1, 0.15) is 12.8 Å². The number of nitriles is 1. The number of halogens is 1. The molecule has 1 aliphatic rings. The first-order valence-electron chi connectivity index (χ1n) is 4.54. The zero-order valence-electron chi connectivity index (χ0n) is 7.66. The summed E-state index contributed by atoms with van der Waals surface area (Å²) in [5.41, 5.74) is -0.160. The average Bonchev–Trinajstić information content (AvgIpc) is 2.98. The molecule has 2 rings (SSSR count). The quantitative estimate of drug-likeness (QED) is 0.710. The summed E-state index contributed by atoms with van der Waals surface area (Å²) in [6.07, 6.45) is 1.93. The smallest absolute Gasteiger partial charge is 0.136 e. The highest BCUT2D eigenvalue weighted by atomic mass is 32.2. The Morgan fingerprint density at radius 3 is 2.71 bits per heavy atom. The van der Waals surface area contributed by atoms with Gasteiger partial charge >= 0.3 is 0 Å². The van der Waals surface area contributed by atoms with Gasteiger partial charge in [-0.15, -0.1) is 11.8 Å². The Morgan fingerprint density at radius 1 is 1.43 bits per heavy atom. The lowest BCUT2D eigenvalue weighted by Gasteiger charge is -2.05. The lowest BCUT2D eigenvalue weighted by atomic mass is 10.2. The largest absolute Gasteiger partial charge is 0.206 e. The molecule has 0 aliphatic heterocycles. The fraction of sp³-hybridized carbons (Fsp3) is 0.364. The van der Waals surface area contributed by atoms with Crippen molar-refractivity contribution in [2.45, 2.75) is 17.7 Å². The zero-order valence-corrected chi connectivity index (χ0v) is 8.48. The van der Waals surface area contributed by atoms with Crippen molar-refractivity contribution in [3.8, 4) is 6.07 Å². The van der Waals surface area contributed by atoms with Crippen molar-refractivity contribution in [1.29, 1.82) is 5.26 Å². The highest BCUT2D eigenvalue weighted by Gasteiger charge is 2.43. The molecule has 0 N–H and O–H groups in total. The number of hydrogen-bond acceptors (Lipinski definition) is 2. The molecule has 0 atom stereocenters. The fourth-order valence-corrected chi connectivity index (χ4v) is 2.38. The third kappa shape index (κ3) is 1.91. The summed E-state index contributed by atoms with van der Waals surface area (Å²) in [7, 11) is 0. The van der Waals surface area contributed by atoms with Crippen molar-refractivity contribution in [3.63, 3.8) is 0 Å². The SMILES string of the molecule is N#CC1(CSc2ccccc2F)CC1. The molecule has 0 aromatic heterocycles. The molecular weight excluding hydrogens is 197 g/mol. The van der Waals surface area contributed by atoms with Crippen LogP contribution in [0.2, 0.25) is 0 Å². The Balaban J connectivity index is 1.99. The number of hydrogen-bond donors (Lipinski definition) is 0. The van der Waals surface area contributed by atoms with Gasteiger partial charge in [0.05, 0.1) is 11.5 Å². The lowest BCUT2D eigenvalue weighted by molar-refractivity contribution is 0.601. The first-order valence-corrected chi connectivity index (χ1v) is 5.53. The minimum atomic E-state index is -0.189. The van der Waals surface area contributed by atoms with Gasteiger partial charge in [-0.2, -0.15) is 5.26 Å². The molecule has 14 heavy (non-hydrogen) atoms. The summed E-state index contributed by atoms with van der Waals surface area (Å²) >= 11 is 1.44. The van der Waals surface area contributed by atoms with Crippen molar-refractivity contribution in [2.75, 3.05) is 5.75 Å². The van der Waals surface area contributed by atoms with E-state index in [0.717, 1.165) is 12.8 Å². The Kier molecular flexibility index (Phi) is 2.47. The highest BCUT2D eigenvalue weighted by molar-refractivity contribution is 7.99. The van der Waals surface area contributed by atoms with Crippen LogP contribution in [0.3, 0.4) is 0 Å². The van der Waals surface area contributed by atoms with Crippen molar-refractivity contribution in [3.05, 3.63) is 30.1 Å². The minimum absolute atomic E-state index is 0.160. The third-order valence-electron chi connectivity index (χ3n) is 2.43. The minimum Gasteiger partial charge on any atom is -0.206 e. The van der Waals surface area contributed by atoms with Crippen LogP contribution >= 0.6 is 11.8 Å². The van der Waals surface area contributed by atoms with E-state index in [4.69, 9.17) is 5.26 Å². The van der Waals surface area contributed by atoms with Gasteiger partial charge in [0.15, 0.2) is 0 Å². The van der Waals surface area contributed by atoms with E-state index >= 15 is 0 Å². The van der Waals surface area contributed by atoms with Gasteiger partial charge in [-0.1, -0.05) is 12.1 Å². The van der Waals surface area contributed by atoms with Crippen LogP contribution < -0.4 is 0 Å². The van der Waals surface area contributed by atoms with Crippen molar-refractivity contribution in [1.82, 2.24) is 0 Å². The van der Waals surface area contributed by atoms with E-state index in [1.165, 1.54) is 17.8 Å². The Morgan fingerprint density at radius 2 is 2.14 bits per heavy atom. The van der Waals surface area contributed by atoms with Gasteiger partial charge in [-0.05, 0) is 25.0 Å². The van der Waals surface area contributed by atoms with E-state index < -0.39 is 0 Å². The maximum atomic E-state index is 13.2. The van der Waals surface area contributed by atoms with Crippen LogP contribution in [0.25, 0.3) is 0 Å². The summed E-state index contributed by atoms with van der Waals surface area (Å²) in [6, 6.07) is 9.00. The molecule has 3 heteroatoms. The van der Waals surface area contributed by atoms with Gasteiger partial charge in [0.25, 0.3) is 0 Å². The molecule has 72 valence electrons. The molecule has 1 saturated carbocycles.